The molecule has 7 nitrogen and oxygen atoms in total. The number of nitrogens with zero attached hydrogens (tertiary/aromatic N) is 1. The van der Waals surface area contributed by atoms with Crippen molar-refractivity contribution < 1.29 is 22.7 Å². The van der Waals surface area contributed by atoms with Gasteiger partial charge in [0.15, 0.2) is 9.84 Å². The number of amides is 1. The molecule has 1 aromatic heterocycles. The maximum atomic E-state index is 12.6. The minimum atomic E-state index is -3.11. The number of carbonyl (C=O) groups excluding carboxylic acids is 1. The maximum Gasteiger partial charge on any atom is 0.340 e. The summed E-state index contributed by atoms with van der Waals surface area (Å²) in [7, 11) is -1.57. The van der Waals surface area contributed by atoms with Crippen LogP contribution in [-0.2, 0) is 21.1 Å². The summed E-state index contributed by atoms with van der Waals surface area (Å²) in [5, 5.41) is 10.3. The van der Waals surface area contributed by atoms with Crippen LogP contribution in [0.5, 0.6) is 5.75 Å². The number of likely N-dealkylation sites (N-methyl/N-ethyl adjacent to an activating group) is 1. The summed E-state index contributed by atoms with van der Waals surface area (Å²) in [6.07, 6.45) is 0.195. The molecule has 2 aromatic rings. The fourth-order valence-corrected chi connectivity index (χ4v) is 5.10. The number of benzene rings is 1. The summed E-state index contributed by atoms with van der Waals surface area (Å²) >= 11 is 5.92. The number of phenolic OH excluding ortho intramolecular Hbond substituents is 1. The smallest absolute Gasteiger partial charge is 0.340 e. The Balaban J connectivity index is 1.92. The van der Waals surface area contributed by atoms with Gasteiger partial charge < -0.3 is 14.4 Å². The number of rotatable bonds is 3. The Kier molecular flexibility index (Phi) is 4.74. The van der Waals surface area contributed by atoms with Gasteiger partial charge in [-0.3, -0.25) is 4.79 Å². The molecule has 1 N–H and O–H groups in total. The van der Waals surface area contributed by atoms with E-state index in [4.69, 9.17) is 16.0 Å². The van der Waals surface area contributed by atoms with Crippen molar-refractivity contribution in [3.8, 4) is 5.75 Å². The van der Waals surface area contributed by atoms with Crippen LogP contribution in [0, 0.1) is 6.92 Å². The van der Waals surface area contributed by atoms with Crippen molar-refractivity contribution in [1.82, 2.24) is 4.90 Å². The van der Waals surface area contributed by atoms with Crippen molar-refractivity contribution >= 4 is 38.3 Å². The summed E-state index contributed by atoms with van der Waals surface area (Å²) in [6.45, 7) is 1.68. The molecule has 0 unspecified atom stereocenters. The lowest BCUT2D eigenvalue weighted by Crippen LogP contribution is -2.39. The van der Waals surface area contributed by atoms with Crippen LogP contribution in [0.15, 0.2) is 21.3 Å². The van der Waals surface area contributed by atoms with Crippen molar-refractivity contribution in [2.75, 3.05) is 18.6 Å². The Hall–Kier alpha value is -2.06. The number of phenols is 1. The van der Waals surface area contributed by atoms with E-state index in [9.17, 15) is 23.1 Å². The second-order valence-electron chi connectivity index (χ2n) is 6.53. The molecule has 140 valence electrons. The number of aryl methyl sites for hydroxylation is 1. The SMILES string of the molecule is Cc1c(CC(=O)N(C)[C@H]2CCS(=O)(=O)C2)c(=O)oc2cc(O)c(Cl)cc12. The summed E-state index contributed by atoms with van der Waals surface area (Å²) in [4.78, 5) is 26.2. The van der Waals surface area contributed by atoms with Crippen molar-refractivity contribution in [3.05, 3.63) is 38.7 Å². The predicted octanol–water partition coefficient (Wildman–Crippen LogP) is 1.65. The highest BCUT2D eigenvalue weighted by atomic mass is 35.5. The molecule has 3 rings (SSSR count). The second-order valence-corrected chi connectivity index (χ2v) is 9.17. The molecule has 1 atom stereocenters. The van der Waals surface area contributed by atoms with E-state index in [1.165, 1.54) is 17.0 Å². The van der Waals surface area contributed by atoms with Crippen LogP contribution >= 0.6 is 11.6 Å². The molecule has 1 aromatic carbocycles. The molecule has 1 aliphatic heterocycles. The first-order chi connectivity index (χ1) is 12.1. The van der Waals surface area contributed by atoms with E-state index in [-0.39, 0.29) is 51.8 Å². The topological polar surface area (TPSA) is 105 Å². The molecule has 26 heavy (non-hydrogen) atoms. The molecule has 9 heteroatoms. The number of fused-ring (bicyclic) bond motifs is 1. The standard InChI is InChI=1S/C17H18ClNO6S/c1-9-11-5-13(18)14(20)7-15(11)25-17(22)12(9)6-16(21)19(2)10-3-4-26(23,24)8-10/h5,7,10,20H,3-4,6,8H2,1-2H3/t10-/m0/s1. The van der Waals surface area contributed by atoms with Crippen LogP contribution in [0.4, 0.5) is 0 Å². The molecule has 1 fully saturated rings. The monoisotopic (exact) mass is 399 g/mol. The van der Waals surface area contributed by atoms with Gasteiger partial charge in [-0.25, -0.2) is 13.2 Å². The Morgan fingerprint density at radius 2 is 2.12 bits per heavy atom. The van der Waals surface area contributed by atoms with Crippen LogP contribution in [0.3, 0.4) is 0 Å². The average Bonchev–Trinajstić information content (AvgIpc) is 2.92. The lowest BCUT2D eigenvalue weighted by Gasteiger charge is -2.23. The largest absolute Gasteiger partial charge is 0.506 e. The van der Waals surface area contributed by atoms with Gasteiger partial charge in [0.2, 0.25) is 5.91 Å². The summed E-state index contributed by atoms with van der Waals surface area (Å²) in [5.74, 6) is -0.552. The number of aromatic hydroxyl groups is 1. The van der Waals surface area contributed by atoms with E-state index >= 15 is 0 Å². The number of carbonyl (C=O) groups is 1. The lowest BCUT2D eigenvalue weighted by molar-refractivity contribution is -0.130. The lowest BCUT2D eigenvalue weighted by atomic mass is 10.0. The van der Waals surface area contributed by atoms with E-state index in [0.717, 1.165) is 0 Å². The fraction of sp³-hybridized carbons (Fsp3) is 0.412. The third-order valence-electron chi connectivity index (χ3n) is 4.83. The zero-order valence-corrected chi connectivity index (χ0v) is 15.9. The molecule has 1 amide bonds. The molecule has 2 heterocycles. The van der Waals surface area contributed by atoms with Gasteiger partial charge in [0, 0.05) is 24.5 Å². The molecular weight excluding hydrogens is 382 g/mol. The minimum Gasteiger partial charge on any atom is -0.506 e. The molecule has 0 saturated carbocycles. The zero-order valence-electron chi connectivity index (χ0n) is 14.3. The van der Waals surface area contributed by atoms with Crippen LogP contribution in [0.2, 0.25) is 5.02 Å². The van der Waals surface area contributed by atoms with Crippen LogP contribution in [0.1, 0.15) is 17.5 Å². The molecule has 0 bridgehead atoms. The maximum absolute atomic E-state index is 12.6. The van der Waals surface area contributed by atoms with Crippen molar-refractivity contribution in [2.24, 2.45) is 0 Å². The molecule has 1 aliphatic rings. The number of hydrogen-bond acceptors (Lipinski definition) is 6. The number of hydrogen-bond donors (Lipinski definition) is 1. The Morgan fingerprint density at radius 1 is 1.42 bits per heavy atom. The minimum absolute atomic E-state index is 0.0601. The quantitative estimate of drug-likeness (QED) is 0.787. The van der Waals surface area contributed by atoms with E-state index in [1.54, 1.807) is 14.0 Å². The van der Waals surface area contributed by atoms with Gasteiger partial charge >= 0.3 is 5.63 Å². The first-order valence-corrected chi connectivity index (χ1v) is 10.2. The zero-order chi connectivity index (χ0) is 19.2. The first kappa shape index (κ1) is 18.7. The van der Waals surface area contributed by atoms with Gasteiger partial charge in [-0.05, 0) is 25.0 Å². The van der Waals surface area contributed by atoms with Crippen LogP contribution in [0.25, 0.3) is 11.0 Å². The van der Waals surface area contributed by atoms with Crippen LogP contribution < -0.4 is 5.63 Å². The Bertz CT molecular complexity index is 1060. The highest BCUT2D eigenvalue weighted by Gasteiger charge is 2.33. The third kappa shape index (κ3) is 3.43. The van der Waals surface area contributed by atoms with Gasteiger partial charge in [0.1, 0.15) is 11.3 Å². The molecule has 0 aliphatic carbocycles. The van der Waals surface area contributed by atoms with E-state index in [0.29, 0.717) is 17.4 Å². The molecule has 0 spiro atoms. The summed E-state index contributed by atoms with van der Waals surface area (Å²) < 4.78 is 28.4. The normalized spacial score (nSPS) is 19.0. The summed E-state index contributed by atoms with van der Waals surface area (Å²) in [6, 6.07) is 2.35. The third-order valence-corrected chi connectivity index (χ3v) is 6.89. The van der Waals surface area contributed by atoms with Gasteiger partial charge in [0.05, 0.1) is 28.5 Å². The van der Waals surface area contributed by atoms with Gasteiger partial charge in [-0.2, -0.15) is 0 Å². The van der Waals surface area contributed by atoms with Gasteiger partial charge in [-0.1, -0.05) is 11.6 Å². The van der Waals surface area contributed by atoms with E-state index in [1.807, 2.05) is 0 Å². The molecule has 0 radical (unpaired) electrons. The Morgan fingerprint density at radius 3 is 2.73 bits per heavy atom. The van der Waals surface area contributed by atoms with E-state index < -0.39 is 15.5 Å². The number of halogens is 1. The highest BCUT2D eigenvalue weighted by molar-refractivity contribution is 7.91. The van der Waals surface area contributed by atoms with E-state index in [2.05, 4.69) is 0 Å². The molecular formula is C17H18ClNO6S. The second kappa shape index (κ2) is 6.59. The number of sulfone groups is 1. The first-order valence-electron chi connectivity index (χ1n) is 8.00. The summed E-state index contributed by atoms with van der Waals surface area (Å²) in [5.41, 5.74) is 0.245. The van der Waals surface area contributed by atoms with Crippen molar-refractivity contribution in [3.63, 3.8) is 0 Å². The highest BCUT2D eigenvalue weighted by Crippen LogP contribution is 2.31. The average molecular weight is 400 g/mol. The fourth-order valence-electron chi connectivity index (χ4n) is 3.16. The predicted molar refractivity (Wildman–Crippen MR) is 97.4 cm³/mol. The van der Waals surface area contributed by atoms with Gasteiger partial charge in [-0.15, -0.1) is 0 Å². The van der Waals surface area contributed by atoms with Crippen LogP contribution in [-0.4, -0.2) is 48.9 Å². The molecule has 1 saturated heterocycles. The van der Waals surface area contributed by atoms with Crippen molar-refractivity contribution in [1.29, 1.82) is 0 Å². The van der Waals surface area contributed by atoms with Crippen molar-refractivity contribution in [2.45, 2.75) is 25.8 Å². The van der Waals surface area contributed by atoms with Gasteiger partial charge in [0.25, 0.3) is 0 Å². The Labute approximate surface area is 155 Å².